The molecule has 0 radical (unpaired) electrons. The summed E-state index contributed by atoms with van der Waals surface area (Å²) in [4.78, 5) is 23.2. The summed E-state index contributed by atoms with van der Waals surface area (Å²) in [5.74, 6) is 3.54. The fraction of sp³-hybridized carbons (Fsp3) is 0.207. The molecular weight excluding hydrogens is 518 g/mol. The molecule has 0 N–H and O–H groups in total. The Hall–Kier alpha value is -4.44. The van der Waals surface area contributed by atoms with Crippen LogP contribution < -0.4 is 24.5 Å². The molecule has 5 rings (SSSR count). The summed E-state index contributed by atoms with van der Waals surface area (Å²) in [7, 11) is 6.24. The lowest BCUT2D eigenvalue weighted by Crippen LogP contribution is -2.22. The molecule has 0 aliphatic heterocycles. The summed E-state index contributed by atoms with van der Waals surface area (Å²) in [6, 6.07) is 18.2. The van der Waals surface area contributed by atoms with Crippen LogP contribution in [0.15, 0.2) is 75.0 Å². The number of fused-ring (bicyclic) bond motifs is 1. The predicted molar refractivity (Wildman–Crippen MR) is 150 cm³/mol. The number of nitrogens with zero attached hydrogens (tertiary/aromatic N) is 3. The molecule has 3 aromatic carbocycles. The molecule has 0 amide bonds. The predicted octanol–water partition coefficient (Wildman–Crippen LogP) is 5.68. The molecule has 10 heteroatoms. The van der Waals surface area contributed by atoms with Gasteiger partial charge in [-0.3, -0.25) is 9.36 Å². The molecule has 2 heterocycles. The van der Waals surface area contributed by atoms with Crippen molar-refractivity contribution < 1.29 is 23.4 Å². The number of para-hydroxylation sites is 3. The largest absolute Gasteiger partial charge is 0.495 e. The van der Waals surface area contributed by atoms with E-state index in [0.717, 1.165) is 5.69 Å². The van der Waals surface area contributed by atoms with Crippen LogP contribution in [0.4, 0.5) is 0 Å². The minimum Gasteiger partial charge on any atom is -0.495 e. The van der Waals surface area contributed by atoms with E-state index in [2.05, 4.69) is 0 Å². The first-order valence-electron chi connectivity index (χ1n) is 12.0. The zero-order valence-electron chi connectivity index (χ0n) is 22.2. The van der Waals surface area contributed by atoms with Crippen LogP contribution in [0.3, 0.4) is 0 Å². The van der Waals surface area contributed by atoms with Crippen LogP contribution in [0.2, 0.25) is 0 Å². The van der Waals surface area contributed by atoms with E-state index >= 15 is 0 Å². The number of rotatable bonds is 9. The van der Waals surface area contributed by atoms with Gasteiger partial charge >= 0.3 is 0 Å². The zero-order chi connectivity index (χ0) is 27.5. The molecule has 0 saturated carbocycles. The average Bonchev–Trinajstić information content (AvgIpc) is 3.35. The Balaban J connectivity index is 1.54. The molecule has 0 aliphatic carbocycles. The molecule has 0 aliphatic rings. The molecular formula is C29H27N3O6S. The standard InChI is InChI=1S/C29H27N3O6S/c1-17-21(30-27(38-17)18-14-24(35-3)26(37-5)25(15-18)36-4)16-39-29-31-20-11-7-6-10-19(20)28(33)32(29)22-12-8-9-13-23(22)34-2/h6-15H,16H2,1-5H3. The highest BCUT2D eigenvalue weighted by atomic mass is 32.2. The molecule has 0 unspecified atom stereocenters. The molecule has 0 spiro atoms. The number of aryl methyl sites for hydroxylation is 1. The second-order valence-corrected chi connectivity index (χ2v) is 9.39. The van der Waals surface area contributed by atoms with E-state index in [4.69, 9.17) is 33.3 Å². The van der Waals surface area contributed by atoms with Crippen molar-refractivity contribution in [2.75, 3.05) is 28.4 Å². The summed E-state index contributed by atoms with van der Waals surface area (Å²) < 4.78 is 29.5. The highest BCUT2D eigenvalue weighted by molar-refractivity contribution is 7.98. The Morgan fingerprint density at radius 1 is 0.846 bits per heavy atom. The van der Waals surface area contributed by atoms with Gasteiger partial charge in [0.2, 0.25) is 11.6 Å². The summed E-state index contributed by atoms with van der Waals surface area (Å²) >= 11 is 1.39. The van der Waals surface area contributed by atoms with E-state index in [0.29, 0.717) is 67.7 Å². The van der Waals surface area contributed by atoms with Gasteiger partial charge in [-0.15, -0.1) is 0 Å². The molecule has 0 saturated heterocycles. The number of hydrogen-bond acceptors (Lipinski definition) is 9. The van der Waals surface area contributed by atoms with Crippen LogP contribution in [0.1, 0.15) is 11.5 Å². The van der Waals surface area contributed by atoms with Gasteiger partial charge in [0.15, 0.2) is 16.7 Å². The third kappa shape index (κ3) is 4.90. The lowest BCUT2D eigenvalue weighted by atomic mass is 10.2. The van der Waals surface area contributed by atoms with Gasteiger partial charge in [0.25, 0.3) is 5.56 Å². The number of methoxy groups -OCH3 is 4. The number of benzene rings is 3. The summed E-state index contributed by atoms with van der Waals surface area (Å²) in [5.41, 5.74) is 2.45. The fourth-order valence-corrected chi connectivity index (χ4v) is 5.27. The Morgan fingerprint density at radius 3 is 2.21 bits per heavy atom. The van der Waals surface area contributed by atoms with Crippen LogP contribution in [-0.4, -0.2) is 43.0 Å². The highest BCUT2D eigenvalue weighted by Crippen LogP contribution is 2.41. The minimum atomic E-state index is -0.178. The number of oxazole rings is 1. The van der Waals surface area contributed by atoms with E-state index in [9.17, 15) is 4.79 Å². The van der Waals surface area contributed by atoms with Crippen LogP contribution in [-0.2, 0) is 5.75 Å². The van der Waals surface area contributed by atoms with Crippen molar-refractivity contribution in [3.05, 3.63) is 82.5 Å². The van der Waals surface area contributed by atoms with Crippen LogP contribution >= 0.6 is 11.8 Å². The first kappa shape index (κ1) is 26.2. The van der Waals surface area contributed by atoms with E-state index in [1.165, 1.54) is 11.8 Å². The second-order valence-electron chi connectivity index (χ2n) is 8.45. The molecule has 9 nitrogen and oxygen atoms in total. The van der Waals surface area contributed by atoms with Gasteiger partial charge in [0, 0.05) is 11.3 Å². The summed E-state index contributed by atoms with van der Waals surface area (Å²) in [5, 5.41) is 1.04. The van der Waals surface area contributed by atoms with Crippen molar-refractivity contribution in [3.8, 4) is 40.1 Å². The molecule has 0 fully saturated rings. The van der Waals surface area contributed by atoms with Crippen LogP contribution in [0.25, 0.3) is 28.0 Å². The number of aromatic nitrogens is 3. The number of hydrogen-bond donors (Lipinski definition) is 0. The quantitative estimate of drug-likeness (QED) is 0.171. The second kappa shape index (κ2) is 11.1. The SMILES string of the molecule is COc1ccccc1-n1c(SCc2nc(-c3cc(OC)c(OC)c(OC)c3)oc2C)nc2ccccc2c1=O. The fourth-order valence-electron chi connectivity index (χ4n) is 4.26. The maximum absolute atomic E-state index is 13.6. The molecule has 200 valence electrons. The molecule has 5 aromatic rings. The molecule has 0 bridgehead atoms. The lowest BCUT2D eigenvalue weighted by molar-refractivity contribution is 0.324. The average molecular weight is 546 g/mol. The lowest BCUT2D eigenvalue weighted by Gasteiger charge is -2.15. The van der Waals surface area contributed by atoms with Gasteiger partial charge in [0.1, 0.15) is 11.5 Å². The van der Waals surface area contributed by atoms with Crippen LogP contribution in [0, 0.1) is 6.92 Å². The van der Waals surface area contributed by atoms with Crippen molar-refractivity contribution in [2.45, 2.75) is 17.8 Å². The third-order valence-corrected chi connectivity index (χ3v) is 7.16. The smallest absolute Gasteiger partial charge is 0.266 e. The number of ether oxygens (including phenoxy) is 4. The van der Waals surface area contributed by atoms with Gasteiger partial charge in [-0.25, -0.2) is 9.97 Å². The Morgan fingerprint density at radius 2 is 1.51 bits per heavy atom. The van der Waals surface area contributed by atoms with Crippen molar-refractivity contribution in [1.82, 2.24) is 14.5 Å². The first-order valence-corrected chi connectivity index (χ1v) is 13.0. The van der Waals surface area contributed by atoms with Gasteiger partial charge < -0.3 is 23.4 Å². The molecule has 39 heavy (non-hydrogen) atoms. The van der Waals surface area contributed by atoms with Crippen molar-refractivity contribution in [1.29, 1.82) is 0 Å². The Labute approximate surface area is 229 Å². The topological polar surface area (TPSA) is 97.8 Å². The van der Waals surface area contributed by atoms with Crippen LogP contribution in [0.5, 0.6) is 23.0 Å². The van der Waals surface area contributed by atoms with Crippen molar-refractivity contribution in [2.24, 2.45) is 0 Å². The third-order valence-electron chi connectivity index (χ3n) is 6.21. The number of thioether (sulfide) groups is 1. The first-order chi connectivity index (χ1) is 19.0. The van der Waals surface area contributed by atoms with Gasteiger partial charge in [-0.1, -0.05) is 36.0 Å². The summed E-state index contributed by atoms with van der Waals surface area (Å²) in [6.07, 6.45) is 0. The molecule has 2 aromatic heterocycles. The van der Waals surface area contributed by atoms with E-state index in [-0.39, 0.29) is 5.56 Å². The van der Waals surface area contributed by atoms with Gasteiger partial charge in [0.05, 0.1) is 50.7 Å². The normalized spacial score (nSPS) is 11.0. The molecule has 0 atom stereocenters. The van der Waals surface area contributed by atoms with E-state index in [1.807, 2.05) is 49.4 Å². The maximum atomic E-state index is 13.6. The van der Waals surface area contributed by atoms with Gasteiger partial charge in [-0.2, -0.15) is 0 Å². The van der Waals surface area contributed by atoms with Crippen molar-refractivity contribution in [3.63, 3.8) is 0 Å². The van der Waals surface area contributed by atoms with E-state index in [1.54, 1.807) is 51.2 Å². The monoisotopic (exact) mass is 545 g/mol. The van der Waals surface area contributed by atoms with E-state index < -0.39 is 0 Å². The Bertz CT molecular complexity index is 1690. The highest BCUT2D eigenvalue weighted by Gasteiger charge is 2.20. The maximum Gasteiger partial charge on any atom is 0.266 e. The summed E-state index contributed by atoms with van der Waals surface area (Å²) in [6.45, 7) is 1.85. The Kier molecular flexibility index (Phi) is 7.47. The van der Waals surface area contributed by atoms with Crippen molar-refractivity contribution >= 4 is 22.7 Å². The minimum absolute atomic E-state index is 0.178. The zero-order valence-corrected chi connectivity index (χ0v) is 23.0. The van der Waals surface area contributed by atoms with Gasteiger partial charge in [-0.05, 0) is 43.3 Å².